The van der Waals surface area contributed by atoms with Gasteiger partial charge in [0.05, 0.1) is 0 Å². The van der Waals surface area contributed by atoms with Crippen molar-refractivity contribution in [3.8, 4) is 0 Å². The first-order valence-electron chi connectivity index (χ1n) is 6.76. The molecule has 0 saturated carbocycles. The van der Waals surface area contributed by atoms with Gasteiger partial charge in [-0.15, -0.1) is 11.8 Å². The first kappa shape index (κ1) is 15.4. The van der Waals surface area contributed by atoms with Gasteiger partial charge in [-0.1, -0.05) is 30.7 Å². The molecule has 0 aliphatic heterocycles. The lowest BCUT2D eigenvalue weighted by atomic mass is 10.0. The van der Waals surface area contributed by atoms with Gasteiger partial charge in [0.2, 0.25) is 0 Å². The van der Waals surface area contributed by atoms with Gasteiger partial charge in [-0.25, -0.2) is 4.39 Å². The van der Waals surface area contributed by atoms with E-state index in [4.69, 9.17) is 11.6 Å². The average Bonchev–Trinajstić information content (AvgIpc) is 2.42. The predicted molar refractivity (Wildman–Crippen MR) is 86.4 cm³/mol. The largest absolute Gasteiger partial charge is 0.207 e. The summed E-state index contributed by atoms with van der Waals surface area (Å²) in [5, 5.41) is 0.733. The lowest BCUT2D eigenvalue weighted by Gasteiger charge is -2.09. The Hall–Kier alpha value is -0.990. The summed E-state index contributed by atoms with van der Waals surface area (Å²) >= 11 is 7.63. The van der Waals surface area contributed by atoms with Crippen molar-refractivity contribution >= 4 is 23.4 Å². The molecule has 2 aromatic rings. The fraction of sp³-hybridized carbons (Fsp3) is 0.294. The molecule has 106 valence electrons. The summed E-state index contributed by atoms with van der Waals surface area (Å²) in [7, 11) is 0. The zero-order valence-corrected chi connectivity index (χ0v) is 13.3. The van der Waals surface area contributed by atoms with Crippen LogP contribution in [0.1, 0.15) is 23.6 Å². The predicted octanol–water partition coefficient (Wildman–Crippen LogP) is 5.68. The Bertz CT molecular complexity index is 578. The van der Waals surface area contributed by atoms with Gasteiger partial charge in [0, 0.05) is 9.92 Å². The molecule has 0 aliphatic carbocycles. The molecule has 0 aliphatic rings. The second kappa shape index (κ2) is 7.14. The van der Waals surface area contributed by atoms with Crippen LogP contribution in [-0.2, 0) is 12.8 Å². The molecule has 2 aromatic carbocycles. The van der Waals surface area contributed by atoms with E-state index in [1.165, 1.54) is 10.5 Å². The summed E-state index contributed by atoms with van der Waals surface area (Å²) in [6.45, 7) is 4.07. The van der Waals surface area contributed by atoms with Crippen LogP contribution >= 0.6 is 23.4 Å². The maximum Gasteiger partial charge on any atom is 0.126 e. The van der Waals surface area contributed by atoms with Crippen LogP contribution in [0.3, 0.4) is 0 Å². The van der Waals surface area contributed by atoms with Gasteiger partial charge in [-0.05, 0) is 66.5 Å². The molecule has 20 heavy (non-hydrogen) atoms. The van der Waals surface area contributed by atoms with Gasteiger partial charge in [0.15, 0.2) is 0 Å². The molecule has 0 heterocycles. The monoisotopic (exact) mass is 308 g/mol. The van der Waals surface area contributed by atoms with E-state index in [-0.39, 0.29) is 5.82 Å². The SMILES string of the molecule is CCSc1cc(CCc2ccc(Cl)cc2)c(F)cc1C. The maximum absolute atomic E-state index is 14.0. The Labute approximate surface area is 129 Å². The second-order valence-electron chi connectivity index (χ2n) is 4.77. The third-order valence-electron chi connectivity index (χ3n) is 3.24. The van der Waals surface area contributed by atoms with Crippen LogP contribution < -0.4 is 0 Å². The number of hydrogen-bond donors (Lipinski definition) is 0. The molecule has 0 atom stereocenters. The quantitative estimate of drug-likeness (QED) is 0.640. The van der Waals surface area contributed by atoms with E-state index in [9.17, 15) is 4.39 Å². The fourth-order valence-corrected chi connectivity index (χ4v) is 3.08. The van der Waals surface area contributed by atoms with Crippen molar-refractivity contribution in [1.29, 1.82) is 0 Å². The Morgan fingerprint density at radius 1 is 1.10 bits per heavy atom. The second-order valence-corrected chi connectivity index (χ2v) is 6.51. The highest BCUT2D eigenvalue weighted by Crippen LogP contribution is 2.26. The summed E-state index contributed by atoms with van der Waals surface area (Å²) in [4.78, 5) is 1.18. The van der Waals surface area contributed by atoms with E-state index in [0.717, 1.165) is 28.3 Å². The van der Waals surface area contributed by atoms with Gasteiger partial charge in [-0.2, -0.15) is 0 Å². The van der Waals surface area contributed by atoms with Crippen LogP contribution in [0, 0.1) is 12.7 Å². The number of rotatable bonds is 5. The van der Waals surface area contributed by atoms with Crippen molar-refractivity contribution < 1.29 is 4.39 Å². The third kappa shape index (κ3) is 4.00. The maximum atomic E-state index is 14.0. The molecule has 0 unspecified atom stereocenters. The van der Waals surface area contributed by atoms with E-state index >= 15 is 0 Å². The number of aryl methyl sites for hydroxylation is 3. The Morgan fingerprint density at radius 2 is 1.80 bits per heavy atom. The van der Waals surface area contributed by atoms with E-state index < -0.39 is 0 Å². The molecule has 0 radical (unpaired) electrons. The molecule has 0 aromatic heterocycles. The molecule has 0 fully saturated rings. The van der Waals surface area contributed by atoms with E-state index in [1.807, 2.05) is 37.3 Å². The molecular weight excluding hydrogens is 291 g/mol. The van der Waals surface area contributed by atoms with Gasteiger partial charge in [0.1, 0.15) is 5.82 Å². The highest BCUT2D eigenvalue weighted by molar-refractivity contribution is 7.99. The van der Waals surface area contributed by atoms with E-state index in [0.29, 0.717) is 6.42 Å². The molecule has 0 N–H and O–H groups in total. The summed E-state index contributed by atoms with van der Waals surface area (Å²) in [5.41, 5.74) is 2.99. The summed E-state index contributed by atoms with van der Waals surface area (Å²) in [5.74, 6) is 0.903. The minimum atomic E-state index is -0.100. The molecule has 0 amide bonds. The average molecular weight is 309 g/mol. The van der Waals surface area contributed by atoms with Crippen LogP contribution in [0.4, 0.5) is 4.39 Å². The zero-order valence-electron chi connectivity index (χ0n) is 11.7. The lowest BCUT2D eigenvalue weighted by Crippen LogP contribution is -1.97. The molecule has 0 saturated heterocycles. The van der Waals surface area contributed by atoms with Crippen LogP contribution in [0.25, 0.3) is 0 Å². The third-order valence-corrected chi connectivity index (χ3v) is 4.53. The lowest BCUT2D eigenvalue weighted by molar-refractivity contribution is 0.605. The number of thioether (sulfide) groups is 1. The zero-order chi connectivity index (χ0) is 14.5. The smallest absolute Gasteiger partial charge is 0.126 e. The fourth-order valence-electron chi connectivity index (χ4n) is 2.13. The van der Waals surface area contributed by atoms with E-state index in [2.05, 4.69) is 6.92 Å². The molecular formula is C17H18ClFS. The van der Waals surface area contributed by atoms with Crippen LogP contribution in [0.15, 0.2) is 41.3 Å². The minimum Gasteiger partial charge on any atom is -0.207 e. The molecule has 0 spiro atoms. The molecule has 3 heteroatoms. The number of halogens is 2. The van der Waals surface area contributed by atoms with Crippen molar-refractivity contribution in [2.24, 2.45) is 0 Å². The van der Waals surface area contributed by atoms with Crippen molar-refractivity contribution in [1.82, 2.24) is 0 Å². The van der Waals surface area contributed by atoms with Crippen molar-refractivity contribution in [3.05, 3.63) is 63.9 Å². The Morgan fingerprint density at radius 3 is 2.45 bits per heavy atom. The summed E-state index contributed by atoms with van der Waals surface area (Å²) < 4.78 is 14.0. The highest BCUT2D eigenvalue weighted by atomic mass is 35.5. The minimum absolute atomic E-state index is 0.100. The van der Waals surface area contributed by atoms with Gasteiger partial charge in [-0.3, -0.25) is 0 Å². The first-order valence-corrected chi connectivity index (χ1v) is 8.12. The van der Waals surface area contributed by atoms with Gasteiger partial charge in [0.25, 0.3) is 0 Å². The topological polar surface area (TPSA) is 0 Å². The standard InChI is InChI=1S/C17H18ClFS/c1-3-20-17-11-14(16(19)10-12(17)2)7-4-13-5-8-15(18)9-6-13/h5-6,8-11H,3-4,7H2,1-2H3. The van der Waals surface area contributed by atoms with Crippen molar-refractivity contribution in [2.75, 3.05) is 5.75 Å². The summed E-state index contributed by atoms with van der Waals surface area (Å²) in [6, 6.07) is 11.4. The van der Waals surface area contributed by atoms with Crippen LogP contribution in [-0.4, -0.2) is 5.75 Å². The van der Waals surface area contributed by atoms with Crippen LogP contribution in [0.5, 0.6) is 0 Å². The van der Waals surface area contributed by atoms with E-state index in [1.54, 1.807) is 17.8 Å². The van der Waals surface area contributed by atoms with Crippen molar-refractivity contribution in [3.63, 3.8) is 0 Å². The first-order chi connectivity index (χ1) is 9.60. The Balaban J connectivity index is 2.12. The van der Waals surface area contributed by atoms with Gasteiger partial charge < -0.3 is 0 Å². The van der Waals surface area contributed by atoms with Crippen molar-refractivity contribution in [2.45, 2.75) is 31.6 Å². The Kier molecular flexibility index (Phi) is 5.50. The number of benzene rings is 2. The molecule has 0 bridgehead atoms. The molecule has 0 nitrogen and oxygen atoms in total. The summed E-state index contributed by atoms with van der Waals surface area (Å²) in [6.07, 6.45) is 1.54. The van der Waals surface area contributed by atoms with Crippen LogP contribution in [0.2, 0.25) is 5.02 Å². The van der Waals surface area contributed by atoms with Gasteiger partial charge >= 0.3 is 0 Å². The highest BCUT2D eigenvalue weighted by Gasteiger charge is 2.08. The molecule has 2 rings (SSSR count). The normalized spacial score (nSPS) is 10.8. The number of hydrogen-bond acceptors (Lipinski definition) is 1.